The minimum Gasteiger partial charge on any atom is -0.308 e. The molecule has 1 aromatic rings. The van der Waals surface area contributed by atoms with Crippen LogP contribution in [0.3, 0.4) is 0 Å². The molecule has 1 rings (SSSR count). The van der Waals surface area contributed by atoms with Crippen molar-refractivity contribution in [2.75, 3.05) is 12.4 Å². The van der Waals surface area contributed by atoms with Gasteiger partial charge in [0.15, 0.2) is 0 Å². The lowest BCUT2D eigenvalue weighted by Gasteiger charge is -2.03. The Hall–Kier alpha value is -0.560. The van der Waals surface area contributed by atoms with Crippen molar-refractivity contribution in [1.29, 1.82) is 0 Å². The summed E-state index contributed by atoms with van der Waals surface area (Å²) in [6, 6.07) is 6.57. The average Bonchev–Trinajstić information content (AvgIpc) is 2.18. The number of sulfonamides is 1. The predicted octanol–water partition coefficient (Wildman–Crippen LogP) is 0.353. The van der Waals surface area contributed by atoms with Crippen LogP contribution in [0.4, 0.5) is 0 Å². The third-order valence-electron chi connectivity index (χ3n) is 1.95. The number of nitrogens with one attached hydrogen (secondary N) is 1. The summed E-state index contributed by atoms with van der Waals surface area (Å²) >= 11 is 4.01. The van der Waals surface area contributed by atoms with Gasteiger partial charge in [0, 0.05) is 5.88 Å². The van der Waals surface area contributed by atoms with Crippen molar-refractivity contribution in [3.8, 4) is 0 Å². The number of rotatable bonds is 5. The summed E-state index contributed by atoms with van der Waals surface area (Å²) in [6.07, 6.45) is 0.839. The molecule has 6 heteroatoms. The van der Waals surface area contributed by atoms with Gasteiger partial charge in [0.25, 0.3) is 0 Å². The average molecular weight is 246 g/mol. The molecule has 0 amide bonds. The molecule has 0 fully saturated rings. The van der Waals surface area contributed by atoms with Crippen molar-refractivity contribution in [3.63, 3.8) is 0 Å². The molecule has 0 unspecified atom stereocenters. The molecule has 0 aliphatic heterocycles. The molecular formula is C9H14N2O2S2. The first kappa shape index (κ1) is 12.5. The van der Waals surface area contributed by atoms with Crippen LogP contribution in [0.5, 0.6) is 0 Å². The van der Waals surface area contributed by atoms with E-state index in [9.17, 15) is 8.42 Å². The summed E-state index contributed by atoms with van der Waals surface area (Å²) in [5, 5.41) is 8.04. The largest absolute Gasteiger partial charge is 0.308 e. The molecule has 0 radical (unpaired) electrons. The highest BCUT2D eigenvalue weighted by molar-refractivity contribution is 7.89. The molecule has 3 N–H and O–H groups in total. The van der Waals surface area contributed by atoms with E-state index < -0.39 is 10.0 Å². The number of hydrogen-bond donors (Lipinski definition) is 3. The van der Waals surface area contributed by atoms with Crippen LogP contribution in [0.1, 0.15) is 5.56 Å². The molecule has 0 heterocycles. The maximum Gasteiger partial charge on any atom is 0.238 e. The van der Waals surface area contributed by atoms with Crippen molar-refractivity contribution >= 4 is 22.7 Å². The molecule has 84 valence electrons. The Morgan fingerprint density at radius 3 is 2.33 bits per heavy atom. The lowest BCUT2D eigenvalue weighted by atomic mass is 10.1. The van der Waals surface area contributed by atoms with Crippen LogP contribution in [0, 0.1) is 0 Å². The van der Waals surface area contributed by atoms with Gasteiger partial charge in [0.2, 0.25) is 10.0 Å². The van der Waals surface area contributed by atoms with E-state index >= 15 is 0 Å². The Kier molecular flexibility index (Phi) is 4.59. The third kappa shape index (κ3) is 4.21. The summed E-state index contributed by atoms with van der Waals surface area (Å²) in [6.45, 7) is 0.818. The van der Waals surface area contributed by atoms with E-state index in [0.717, 1.165) is 18.5 Å². The van der Waals surface area contributed by atoms with Crippen LogP contribution >= 0.6 is 12.6 Å². The van der Waals surface area contributed by atoms with Crippen LogP contribution in [-0.2, 0) is 16.4 Å². The standard InChI is InChI=1S/C9H14N2O2S2/c10-15(12,13)9-3-1-8(2-4-9)5-6-11-7-14/h1-4,11,14H,5-7H2,(H2,10,12,13). The summed E-state index contributed by atoms with van der Waals surface area (Å²) in [7, 11) is -3.57. The highest BCUT2D eigenvalue weighted by Gasteiger charge is 2.06. The normalized spacial score (nSPS) is 11.6. The predicted molar refractivity (Wildman–Crippen MR) is 63.4 cm³/mol. The SMILES string of the molecule is NS(=O)(=O)c1ccc(CCNCS)cc1. The van der Waals surface area contributed by atoms with Gasteiger partial charge in [-0.25, -0.2) is 13.6 Å². The fourth-order valence-electron chi connectivity index (χ4n) is 1.16. The van der Waals surface area contributed by atoms with Gasteiger partial charge in [0.05, 0.1) is 4.90 Å². The second-order valence-corrected chi connectivity index (χ2v) is 4.97. The monoisotopic (exact) mass is 246 g/mol. The summed E-state index contributed by atoms with van der Waals surface area (Å²) < 4.78 is 21.9. The van der Waals surface area contributed by atoms with Crippen molar-refractivity contribution < 1.29 is 8.42 Å². The minimum absolute atomic E-state index is 0.147. The zero-order valence-corrected chi connectivity index (χ0v) is 9.89. The van der Waals surface area contributed by atoms with E-state index in [-0.39, 0.29) is 4.90 Å². The van der Waals surface area contributed by atoms with Gasteiger partial charge in [-0.05, 0) is 30.7 Å². The van der Waals surface area contributed by atoms with Crippen LogP contribution < -0.4 is 10.5 Å². The second kappa shape index (κ2) is 5.50. The van der Waals surface area contributed by atoms with E-state index in [1.165, 1.54) is 12.1 Å². The van der Waals surface area contributed by atoms with E-state index in [2.05, 4.69) is 17.9 Å². The number of thiol groups is 1. The molecule has 15 heavy (non-hydrogen) atoms. The van der Waals surface area contributed by atoms with Gasteiger partial charge >= 0.3 is 0 Å². The highest BCUT2D eigenvalue weighted by Crippen LogP contribution is 2.08. The molecule has 0 aliphatic rings. The summed E-state index contributed by atoms with van der Waals surface area (Å²) in [5.74, 6) is 0.634. The van der Waals surface area contributed by atoms with Crippen molar-refractivity contribution in [3.05, 3.63) is 29.8 Å². The fraction of sp³-hybridized carbons (Fsp3) is 0.333. The molecule has 0 aliphatic carbocycles. The molecular weight excluding hydrogens is 232 g/mol. The van der Waals surface area contributed by atoms with Crippen molar-refractivity contribution in [2.45, 2.75) is 11.3 Å². The number of hydrogen-bond acceptors (Lipinski definition) is 4. The van der Waals surface area contributed by atoms with E-state index in [1.54, 1.807) is 12.1 Å². The quantitative estimate of drug-likeness (QED) is 0.399. The van der Waals surface area contributed by atoms with E-state index in [1.807, 2.05) is 0 Å². The Morgan fingerprint density at radius 2 is 1.87 bits per heavy atom. The Balaban J connectivity index is 2.65. The lowest BCUT2D eigenvalue weighted by molar-refractivity contribution is 0.598. The molecule has 0 bridgehead atoms. The molecule has 4 nitrogen and oxygen atoms in total. The van der Waals surface area contributed by atoms with E-state index in [4.69, 9.17) is 5.14 Å². The molecule has 0 atom stereocenters. The first-order chi connectivity index (χ1) is 7.04. The molecule has 0 saturated carbocycles. The third-order valence-corrected chi connectivity index (χ3v) is 3.11. The van der Waals surface area contributed by atoms with Crippen LogP contribution in [0.25, 0.3) is 0 Å². The van der Waals surface area contributed by atoms with Crippen molar-refractivity contribution in [2.24, 2.45) is 5.14 Å². The van der Waals surface area contributed by atoms with E-state index in [0.29, 0.717) is 5.88 Å². The van der Waals surface area contributed by atoms with Gasteiger partial charge < -0.3 is 5.32 Å². The lowest BCUT2D eigenvalue weighted by Crippen LogP contribution is -2.15. The molecule has 0 aromatic heterocycles. The Labute approximate surface area is 95.3 Å². The van der Waals surface area contributed by atoms with Crippen LogP contribution in [0.15, 0.2) is 29.2 Å². The fourth-order valence-corrected chi connectivity index (χ4v) is 1.83. The van der Waals surface area contributed by atoms with Crippen molar-refractivity contribution in [1.82, 2.24) is 5.32 Å². The van der Waals surface area contributed by atoms with Crippen LogP contribution in [0.2, 0.25) is 0 Å². The number of primary sulfonamides is 1. The first-order valence-electron chi connectivity index (χ1n) is 4.47. The van der Waals surface area contributed by atoms with Gasteiger partial charge in [0.1, 0.15) is 0 Å². The highest BCUT2D eigenvalue weighted by atomic mass is 32.2. The Morgan fingerprint density at radius 1 is 1.27 bits per heavy atom. The first-order valence-corrected chi connectivity index (χ1v) is 6.65. The van der Waals surface area contributed by atoms with Crippen LogP contribution in [-0.4, -0.2) is 20.8 Å². The zero-order valence-electron chi connectivity index (χ0n) is 8.18. The molecule has 0 saturated heterocycles. The van der Waals surface area contributed by atoms with Gasteiger partial charge in [-0.2, -0.15) is 12.6 Å². The maximum absolute atomic E-state index is 11.0. The zero-order chi connectivity index (χ0) is 11.3. The summed E-state index contributed by atoms with van der Waals surface area (Å²) in [5.41, 5.74) is 1.07. The summed E-state index contributed by atoms with van der Waals surface area (Å²) in [4.78, 5) is 0.147. The molecule has 1 aromatic carbocycles. The van der Waals surface area contributed by atoms with Gasteiger partial charge in [-0.15, -0.1) is 0 Å². The Bertz CT molecular complexity index is 401. The molecule has 0 spiro atoms. The minimum atomic E-state index is -3.57. The number of benzene rings is 1. The van der Waals surface area contributed by atoms with Gasteiger partial charge in [-0.1, -0.05) is 12.1 Å². The topological polar surface area (TPSA) is 72.2 Å². The van der Waals surface area contributed by atoms with Gasteiger partial charge in [-0.3, -0.25) is 0 Å². The number of nitrogens with two attached hydrogens (primary N) is 1. The maximum atomic E-state index is 11.0. The second-order valence-electron chi connectivity index (χ2n) is 3.10. The smallest absolute Gasteiger partial charge is 0.238 e.